The van der Waals surface area contributed by atoms with E-state index in [0.29, 0.717) is 5.92 Å². The Morgan fingerprint density at radius 3 is 2.84 bits per heavy atom. The molecule has 1 fully saturated rings. The molecule has 1 aromatic heterocycles. The monoisotopic (exact) mass is 254 g/mol. The van der Waals surface area contributed by atoms with Crippen molar-refractivity contribution in [2.45, 2.75) is 32.2 Å². The number of aryl methyl sites for hydroxylation is 1. The summed E-state index contributed by atoms with van der Waals surface area (Å²) >= 11 is 0. The minimum atomic E-state index is 0.148. The molecule has 19 heavy (non-hydrogen) atoms. The minimum absolute atomic E-state index is 0.148. The summed E-state index contributed by atoms with van der Waals surface area (Å²) < 4.78 is 1.84. The van der Waals surface area contributed by atoms with E-state index >= 15 is 0 Å². The highest BCUT2D eigenvalue weighted by atomic mass is 16.1. The molecule has 0 bridgehead atoms. The van der Waals surface area contributed by atoms with Crippen molar-refractivity contribution < 1.29 is 4.79 Å². The molecule has 3 heteroatoms. The Labute approximate surface area is 113 Å². The van der Waals surface area contributed by atoms with Crippen LogP contribution in [0.5, 0.6) is 0 Å². The summed E-state index contributed by atoms with van der Waals surface area (Å²) in [6, 6.07) is 12.2. The second kappa shape index (κ2) is 5.00. The fourth-order valence-electron chi connectivity index (χ4n) is 2.68. The highest BCUT2D eigenvalue weighted by molar-refractivity contribution is 5.98. The second-order valence-corrected chi connectivity index (χ2v) is 5.16. The standard InChI is InChI=1S/C16H18N2O/c1-2-10-18-15(8-9-17-18)16(19)14-11-13(14)12-6-4-3-5-7-12/h3-9,13-14H,2,10-11H2,1H3. The Morgan fingerprint density at radius 1 is 1.32 bits per heavy atom. The zero-order valence-electron chi connectivity index (χ0n) is 11.1. The van der Waals surface area contributed by atoms with Crippen LogP contribution in [0.15, 0.2) is 42.6 Å². The maximum Gasteiger partial charge on any atom is 0.184 e. The number of carbonyl (C=O) groups is 1. The maximum atomic E-state index is 12.5. The van der Waals surface area contributed by atoms with Gasteiger partial charge >= 0.3 is 0 Å². The number of hydrogen-bond donors (Lipinski definition) is 0. The van der Waals surface area contributed by atoms with E-state index in [1.807, 2.05) is 28.9 Å². The summed E-state index contributed by atoms with van der Waals surface area (Å²) in [6.45, 7) is 2.91. The summed E-state index contributed by atoms with van der Waals surface area (Å²) in [5, 5.41) is 4.23. The lowest BCUT2D eigenvalue weighted by Gasteiger charge is -2.05. The third-order valence-corrected chi connectivity index (χ3v) is 3.76. The average Bonchev–Trinajstić information content (AvgIpc) is 3.12. The van der Waals surface area contributed by atoms with Gasteiger partial charge in [-0.25, -0.2) is 0 Å². The van der Waals surface area contributed by atoms with E-state index in [1.54, 1.807) is 6.20 Å². The third-order valence-electron chi connectivity index (χ3n) is 3.76. The summed E-state index contributed by atoms with van der Waals surface area (Å²) in [5.74, 6) is 0.799. The molecular formula is C16H18N2O. The number of carbonyl (C=O) groups excluding carboxylic acids is 1. The van der Waals surface area contributed by atoms with Crippen LogP contribution in [0.2, 0.25) is 0 Å². The van der Waals surface area contributed by atoms with Gasteiger partial charge in [0.2, 0.25) is 0 Å². The molecule has 0 spiro atoms. The molecule has 2 unspecified atom stereocenters. The summed E-state index contributed by atoms with van der Waals surface area (Å²) in [6.07, 6.45) is 3.69. The molecule has 1 aliphatic rings. The molecule has 3 rings (SSSR count). The first kappa shape index (κ1) is 12.2. The molecule has 1 heterocycles. The average molecular weight is 254 g/mol. The molecule has 3 nitrogen and oxygen atoms in total. The predicted molar refractivity (Wildman–Crippen MR) is 74.1 cm³/mol. The molecule has 1 saturated carbocycles. The molecule has 98 valence electrons. The lowest BCUT2D eigenvalue weighted by molar-refractivity contribution is 0.0954. The largest absolute Gasteiger partial charge is 0.292 e. The smallest absolute Gasteiger partial charge is 0.184 e. The molecule has 0 aliphatic heterocycles. The predicted octanol–water partition coefficient (Wildman–Crippen LogP) is 3.28. The highest BCUT2D eigenvalue weighted by Gasteiger charge is 2.44. The van der Waals surface area contributed by atoms with Crippen LogP contribution in [0.1, 0.15) is 41.7 Å². The molecular weight excluding hydrogens is 236 g/mol. The van der Waals surface area contributed by atoms with Crippen LogP contribution in [0, 0.1) is 5.92 Å². The van der Waals surface area contributed by atoms with Crippen LogP contribution in [0.25, 0.3) is 0 Å². The fourth-order valence-corrected chi connectivity index (χ4v) is 2.68. The maximum absolute atomic E-state index is 12.5. The van der Waals surface area contributed by atoms with Gasteiger partial charge in [0.15, 0.2) is 5.78 Å². The summed E-state index contributed by atoms with van der Waals surface area (Å²) in [5.41, 5.74) is 2.05. The number of ketones is 1. The lowest BCUT2D eigenvalue weighted by Crippen LogP contribution is -2.12. The number of rotatable bonds is 5. The highest BCUT2D eigenvalue weighted by Crippen LogP contribution is 2.49. The molecule has 1 aliphatic carbocycles. The van der Waals surface area contributed by atoms with E-state index in [0.717, 1.165) is 25.1 Å². The second-order valence-electron chi connectivity index (χ2n) is 5.16. The van der Waals surface area contributed by atoms with Gasteiger partial charge in [0, 0.05) is 18.7 Å². The van der Waals surface area contributed by atoms with Gasteiger partial charge in [-0.3, -0.25) is 9.48 Å². The van der Waals surface area contributed by atoms with Gasteiger partial charge in [-0.2, -0.15) is 5.10 Å². The van der Waals surface area contributed by atoms with E-state index in [4.69, 9.17) is 0 Å². The Balaban J connectivity index is 1.74. The van der Waals surface area contributed by atoms with Crippen molar-refractivity contribution in [3.8, 4) is 0 Å². The number of aromatic nitrogens is 2. The Hall–Kier alpha value is -1.90. The first-order chi connectivity index (χ1) is 9.31. The van der Waals surface area contributed by atoms with Gasteiger partial charge in [0.1, 0.15) is 5.69 Å². The Bertz CT molecular complexity index is 573. The molecule has 2 aromatic rings. The fraction of sp³-hybridized carbons (Fsp3) is 0.375. The van der Waals surface area contributed by atoms with Gasteiger partial charge in [0.25, 0.3) is 0 Å². The van der Waals surface area contributed by atoms with Crippen molar-refractivity contribution in [1.82, 2.24) is 9.78 Å². The first-order valence-corrected chi connectivity index (χ1v) is 6.92. The SMILES string of the molecule is CCCn1nccc1C(=O)C1CC1c1ccccc1. The van der Waals surface area contributed by atoms with E-state index < -0.39 is 0 Å². The van der Waals surface area contributed by atoms with Gasteiger partial charge in [0.05, 0.1) is 0 Å². The minimum Gasteiger partial charge on any atom is -0.292 e. The molecule has 0 radical (unpaired) electrons. The van der Waals surface area contributed by atoms with Gasteiger partial charge in [-0.1, -0.05) is 37.3 Å². The molecule has 0 N–H and O–H groups in total. The molecule has 0 saturated heterocycles. The van der Waals surface area contributed by atoms with E-state index in [-0.39, 0.29) is 11.7 Å². The zero-order chi connectivity index (χ0) is 13.2. The summed E-state index contributed by atoms with van der Waals surface area (Å²) in [7, 11) is 0. The van der Waals surface area contributed by atoms with Crippen LogP contribution in [-0.4, -0.2) is 15.6 Å². The lowest BCUT2D eigenvalue weighted by atomic mass is 10.1. The van der Waals surface area contributed by atoms with Gasteiger partial charge in [-0.15, -0.1) is 0 Å². The first-order valence-electron chi connectivity index (χ1n) is 6.92. The van der Waals surface area contributed by atoms with Crippen LogP contribution < -0.4 is 0 Å². The third kappa shape index (κ3) is 2.33. The van der Waals surface area contributed by atoms with Crippen molar-refractivity contribution in [3.05, 3.63) is 53.9 Å². The normalized spacial score (nSPS) is 21.3. The van der Waals surface area contributed by atoms with E-state index in [2.05, 4.69) is 24.2 Å². The number of hydrogen-bond acceptors (Lipinski definition) is 2. The Morgan fingerprint density at radius 2 is 2.11 bits per heavy atom. The van der Waals surface area contributed by atoms with Crippen LogP contribution in [0.4, 0.5) is 0 Å². The van der Waals surface area contributed by atoms with Gasteiger partial charge < -0.3 is 0 Å². The van der Waals surface area contributed by atoms with Crippen LogP contribution >= 0.6 is 0 Å². The van der Waals surface area contributed by atoms with Crippen molar-refractivity contribution >= 4 is 5.78 Å². The van der Waals surface area contributed by atoms with Crippen LogP contribution in [0.3, 0.4) is 0 Å². The quantitative estimate of drug-likeness (QED) is 0.767. The summed E-state index contributed by atoms with van der Waals surface area (Å²) in [4.78, 5) is 12.5. The number of nitrogens with zero attached hydrogens (tertiary/aromatic N) is 2. The molecule has 2 atom stereocenters. The Kier molecular flexibility index (Phi) is 3.20. The van der Waals surface area contributed by atoms with Crippen molar-refractivity contribution in [2.75, 3.05) is 0 Å². The van der Waals surface area contributed by atoms with Crippen molar-refractivity contribution in [2.24, 2.45) is 5.92 Å². The zero-order valence-corrected chi connectivity index (χ0v) is 11.1. The number of benzene rings is 1. The van der Waals surface area contributed by atoms with E-state index in [1.165, 1.54) is 5.56 Å². The van der Waals surface area contributed by atoms with Crippen molar-refractivity contribution in [1.29, 1.82) is 0 Å². The van der Waals surface area contributed by atoms with Crippen molar-refractivity contribution in [3.63, 3.8) is 0 Å². The van der Waals surface area contributed by atoms with E-state index in [9.17, 15) is 4.79 Å². The van der Waals surface area contributed by atoms with Gasteiger partial charge in [-0.05, 0) is 30.4 Å². The molecule has 0 amide bonds. The number of Topliss-reactive ketones (excluding diaryl/α,β-unsaturated/α-hetero) is 1. The van der Waals surface area contributed by atoms with Crippen LogP contribution in [-0.2, 0) is 6.54 Å². The molecule has 1 aromatic carbocycles. The topological polar surface area (TPSA) is 34.9 Å².